The Morgan fingerprint density at radius 2 is 1.88 bits per heavy atom. The van der Waals surface area contributed by atoms with E-state index in [1.807, 2.05) is 5.38 Å². The van der Waals surface area contributed by atoms with E-state index in [1.165, 1.54) is 30.6 Å². The van der Waals surface area contributed by atoms with E-state index >= 15 is 0 Å². The van der Waals surface area contributed by atoms with Gasteiger partial charge in [-0.2, -0.15) is 0 Å². The molecule has 1 aliphatic heterocycles. The number of piperidine rings is 1. The van der Waals surface area contributed by atoms with Gasteiger partial charge in [-0.05, 0) is 54.0 Å². The van der Waals surface area contributed by atoms with Crippen LogP contribution in [0.2, 0.25) is 0 Å². The zero-order valence-electron chi connectivity index (χ0n) is 14.9. The molecular formula is C18H22BrN3O3S. The van der Waals surface area contributed by atoms with E-state index in [-0.39, 0.29) is 5.91 Å². The molecule has 1 N–H and O–H groups in total. The molecule has 140 valence electrons. The van der Waals surface area contributed by atoms with E-state index in [4.69, 9.17) is 9.47 Å². The first-order valence-electron chi connectivity index (χ1n) is 8.50. The Kier molecular flexibility index (Phi) is 6.50. The van der Waals surface area contributed by atoms with Gasteiger partial charge in [-0.3, -0.25) is 15.0 Å². The maximum absolute atomic E-state index is 12.6. The summed E-state index contributed by atoms with van der Waals surface area (Å²) in [4.78, 5) is 19.5. The summed E-state index contributed by atoms with van der Waals surface area (Å²) in [5.74, 6) is 0.840. The topological polar surface area (TPSA) is 63.7 Å². The third-order valence-corrected chi connectivity index (χ3v) is 5.90. The number of carbonyl (C=O) groups excluding carboxylic acids is 1. The van der Waals surface area contributed by atoms with Crippen LogP contribution in [0.1, 0.15) is 35.3 Å². The van der Waals surface area contributed by atoms with Crippen molar-refractivity contribution in [2.75, 3.05) is 32.6 Å². The highest BCUT2D eigenvalue weighted by atomic mass is 79.9. The maximum Gasteiger partial charge on any atom is 0.257 e. The van der Waals surface area contributed by atoms with Crippen molar-refractivity contribution in [3.05, 3.63) is 33.2 Å². The molecule has 2 heterocycles. The third kappa shape index (κ3) is 4.55. The quantitative estimate of drug-likeness (QED) is 0.731. The Labute approximate surface area is 165 Å². The van der Waals surface area contributed by atoms with Gasteiger partial charge in [0.2, 0.25) is 0 Å². The Hall–Kier alpha value is -1.64. The second kappa shape index (κ2) is 8.83. The van der Waals surface area contributed by atoms with Gasteiger partial charge in [-0.25, -0.2) is 4.98 Å². The van der Waals surface area contributed by atoms with Gasteiger partial charge in [0.1, 0.15) is 16.0 Å². The molecule has 6 nitrogen and oxygen atoms in total. The first-order valence-corrected chi connectivity index (χ1v) is 10.2. The molecular weight excluding hydrogens is 418 g/mol. The summed E-state index contributed by atoms with van der Waals surface area (Å²) >= 11 is 4.85. The number of carbonyl (C=O) groups is 1. The lowest BCUT2D eigenvalue weighted by atomic mass is 10.1. The van der Waals surface area contributed by atoms with Crippen LogP contribution in [0.4, 0.5) is 5.13 Å². The number of hydrogen-bond donors (Lipinski definition) is 1. The highest BCUT2D eigenvalue weighted by Crippen LogP contribution is 2.35. The second-order valence-electron chi connectivity index (χ2n) is 6.13. The van der Waals surface area contributed by atoms with E-state index in [1.54, 1.807) is 26.4 Å². The fourth-order valence-electron chi connectivity index (χ4n) is 2.95. The fourth-order valence-corrected chi connectivity index (χ4v) is 4.20. The van der Waals surface area contributed by atoms with Crippen LogP contribution in [-0.2, 0) is 6.54 Å². The monoisotopic (exact) mass is 439 g/mol. The SMILES string of the molecule is COc1cc(C(=O)Nc2nc(CN3CCCCC3)cs2)cc(OC)c1Br. The molecule has 0 unspecified atom stereocenters. The van der Waals surface area contributed by atoms with Crippen LogP contribution in [-0.4, -0.2) is 43.1 Å². The summed E-state index contributed by atoms with van der Waals surface area (Å²) < 4.78 is 11.3. The summed E-state index contributed by atoms with van der Waals surface area (Å²) in [6.07, 6.45) is 3.82. The van der Waals surface area contributed by atoms with Crippen LogP contribution < -0.4 is 14.8 Å². The number of amides is 1. The Morgan fingerprint density at radius 1 is 1.23 bits per heavy atom. The van der Waals surface area contributed by atoms with E-state index in [0.717, 1.165) is 25.3 Å². The number of thiazole rings is 1. The summed E-state index contributed by atoms with van der Waals surface area (Å²) in [7, 11) is 3.10. The van der Waals surface area contributed by atoms with Crippen LogP contribution >= 0.6 is 27.3 Å². The summed E-state index contributed by atoms with van der Waals surface area (Å²) in [6, 6.07) is 3.34. The van der Waals surface area contributed by atoms with E-state index in [0.29, 0.717) is 26.7 Å². The molecule has 8 heteroatoms. The predicted octanol–water partition coefficient (Wildman–Crippen LogP) is 4.16. The average Bonchev–Trinajstić information content (AvgIpc) is 3.09. The lowest BCUT2D eigenvalue weighted by molar-refractivity contribution is 0.102. The Morgan fingerprint density at radius 3 is 2.50 bits per heavy atom. The minimum absolute atomic E-state index is 0.243. The van der Waals surface area contributed by atoms with E-state index in [9.17, 15) is 4.79 Å². The number of likely N-dealkylation sites (tertiary alicyclic amines) is 1. The maximum atomic E-state index is 12.6. The van der Waals surface area contributed by atoms with Crippen molar-refractivity contribution in [3.63, 3.8) is 0 Å². The lowest BCUT2D eigenvalue weighted by Crippen LogP contribution is -2.29. The van der Waals surface area contributed by atoms with Gasteiger partial charge in [-0.1, -0.05) is 6.42 Å². The lowest BCUT2D eigenvalue weighted by Gasteiger charge is -2.25. The molecule has 1 fully saturated rings. The van der Waals surface area contributed by atoms with Gasteiger partial charge in [0.25, 0.3) is 5.91 Å². The predicted molar refractivity (Wildman–Crippen MR) is 106 cm³/mol. The van der Waals surface area contributed by atoms with Gasteiger partial charge in [0, 0.05) is 17.5 Å². The molecule has 1 aromatic carbocycles. The second-order valence-corrected chi connectivity index (χ2v) is 7.78. The molecule has 1 aromatic heterocycles. The van der Waals surface area contributed by atoms with Gasteiger partial charge < -0.3 is 9.47 Å². The number of hydrogen-bond acceptors (Lipinski definition) is 6. The average molecular weight is 440 g/mol. The highest BCUT2D eigenvalue weighted by Gasteiger charge is 2.17. The van der Waals surface area contributed by atoms with Crippen molar-refractivity contribution in [2.45, 2.75) is 25.8 Å². The number of methoxy groups -OCH3 is 2. The summed E-state index contributed by atoms with van der Waals surface area (Å²) in [6.45, 7) is 3.09. The third-order valence-electron chi connectivity index (χ3n) is 4.31. The molecule has 0 bridgehead atoms. The van der Waals surface area contributed by atoms with Crippen LogP contribution in [0.15, 0.2) is 22.0 Å². The number of ether oxygens (including phenoxy) is 2. The number of benzene rings is 1. The highest BCUT2D eigenvalue weighted by molar-refractivity contribution is 9.10. The van der Waals surface area contributed by atoms with Crippen LogP contribution in [0.25, 0.3) is 0 Å². The number of anilines is 1. The van der Waals surface area contributed by atoms with Crippen molar-refractivity contribution >= 4 is 38.3 Å². The molecule has 0 aliphatic carbocycles. The summed E-state index contributed by atoms with van der Waals surface area (Å²) in [5.41, 5.74) is 1.45. The van der Waals surface area contributed by atoms with Crippen LogP contribution in [0, 0.1) is 0 Å². The molecule has 0 radical (unpaired) electrons. The Bertz CT molecular complexity index is 750. The number of halogens is 1. The molecule has 1 amide bonds. The molecule has 0 atom stereocenters. The molecule has 2 aromatic rings. The Balaban J connectivity index is 1.68. The van der Waals surface area contributed by atoms with Gasteiger partial charge in [0.15, 0.2) is 5.13 Å². The molecule has 0 spiro atoms. The fraction of sp³-hybridized carbons (Fsp3) is 0.444. The molecule has 3 rings (SSSR count). The van der Waals surface area contributed by atoms with Crippen molar-refractivity contribution in [1.29, 1.82) is 0 Å². The zero-order chi connectivity index (χ0) is 18.5. The van der Waals surface area contributed by atoms with Gasteiger partial charge >= 0.3 is 0 Å². The normalized spacial score (nSPS) is 14.9. The molecule has 26 heavy (non-hydrogen) atoms. The van der Waals surface area contributed by atoms with Crippen LogP contribution in [0.5, 0.6) is 11.5 Å². The smallest absolute Gasteiger partial charge is 0.257 e. The number of nitrogens with one attached hydrogen (secondary N) is 1. The number of aromatic nitrogens is 1. The van der Waals surface area contributed by atoms with Gasteiger partial charge in [0.05, 0.1) is 19.9 Å². The van der Waals surface area contributed by atoms with Crippen LogP contribution in [0.3, 0.4) is 0 Å². The standard InChI is InChI=1S/C18H22BrN3O3S/c1-24-14-8-12(9-15(25-2)16(14)19)17(23)21-18-20-13(11-26-18)10-22-6-4-3-5-7-22/h8-9,11H,3-7,10H2,1-2H3,(H,20,21,23). The first kappa shape index (κ1) is 19.1. The largest absolute Gasteiger partial charge is 0.495 e. The number of nitrogens with zero attached hydrogens (tertiary/aromatic N) is 2. The number of rotatable bonds is 6. The van der Waals surface area contributed by atoms with Crippen molar-refractivity contribution in [3.8, 4) is 11.5 Å². The first-order chi connectivity index (χ1) is 12.6. The molecule has 1 saturated heterocycles. The minimum atomic E-state index is -0.243. The van der Waals surface area contributed by atoms with Crippen molar-refractivity contribution < 1.29 is 14.3 Å². The van der Waals surface area contributed by atoms with E-state index in [2.05, 4.69) is 31.1 Å². The van der Waals surface area contributed by atoms with Crippen molar-refractivity contribution in [1.82, 2.24) is 9.88 Å². The summed E-state index contributed by atoms with van der Waals surface area (Å²) in [5, 5.41) is 5.47. The molecule has 1 aliphatic rings. The zero-order valence-corrected chi connectivity index (χ0v) is 17.3. The van der Waals surface area contributed by atoms with E-state index < -0.39 is 0 Å². The minimum Gasteiger partial charge on any atom is -0.495 e. The van der Waals surface area contributed by atoms with Gasteiger partial charge in [-0.15, -0.1) is 11.3 Å². The van der Waals surface area contributed by atoms with Crippen molar-refractivity contribution in [2.24, 2.45) is 0 Å². The molecule has 0 saturated carbocycles.